The molecule has 7 heteroatoms. The highest BCUT2D eigenvalue weighted by atomic mass is 32.1. The molecule has 1 heterocycles. The largest absolute Gasteiger partial charge is 0.478 e. The number of carboxylic acid groups (broad SMARTS) is 2. The van der Waals surface area contributed by atoms with E-state index in [2.05, 4.69) is 4.98 Å². The third-order valence-electron chi connectivity index (χ3n) is 2.19. The molecule has 0 spiro atoms. The first-order chi connectivity index (χ1) is 8.95. The van der Waals surface area contributed by atoms with Gasteiger partial charge in [-0.15, -0.1) is 11.3 Å². The lowest BCUT2D eigenvalue weighted by atomic mass is 10.2. The van der Waals surface area contributed by atoms with Gasteiger partial charge in [0, 0.05) is 6.08 Å². The molecule has 2 aliphatic rings. The third-order valence-corrected chi connectivity index (χ3v) is 3.28. The van der Waals surface area contributed by atoms with Gasteiger partial charge in [0.25, 0.3) is 0 Å². The number of aromatic nitrogens is 1. The lowest BCUT2D eigenvalue weighted by molar-refractivity contribution is -0.130. The van der Waals surface area contributed by atoms with Gasteiger partial charge < -0.3 is 15.6 Å². The van der Waals surface area contributed by atoms with Gasteiger partial charge in [0.05, 0.1) is 31.9 Å². The van der Waals surface area contributed by atoms with Crippen molar-refractivity contribution in [3.63, 3.8) is 0 Å². The summed E-state index contributed by atoms with van der Waals surface area (Å²) in [5.74, 6) is -2.38. The van der Waals surface area contributed by atoms with Gasteiger partial charge in [0.1, 0.15) is 0 Å². The van der Waals surface area contributed by atoms with Gasteiger partial charge in [-0.2, -0.15) is 0 Å². The van der Waals surface area contributed by atoms with Crippen LogP contribution in [0.15, 0.2) is 18.2 Å². The summed E-state index contributed by atoms with van der Waals surface area (Å²) in [6.07, 6.45) is 1.77. The van der Waals surface area contributed by atoms with Gasteiger partial charge in [-0.3, -0.25) is 0 Å². The molecule has 0 unspecified atom stereocenters. The van der Waals surface area contributed by atoms with E-state index in [0.717, 1.165) is 23.5 Å². The highest BCUT2D eigenvalue weighted by Gasteiger charge is 2.06. The molecule has 1 aliphatic carbocycles. The number of hydrogen-bond donors (Lipinski definition) is 3. The van der Waals surface area contributed by atoms with Crippen LogP contribution in [-0.4, -0.2) is 27.1 Å². The number of rotatable bonds is 2. The summed E-state index contributed by atoms with van der Waals surface area (Å²) >= 11 is 1.08. The number of carboxylic acids is 2. The fourth-order valence-corrected chi connectivity index (χ4v) is 2.49. The quantitative estimate of drug-likeness (QED) is 0.682. The number of fused-ring (bicyclic) bond motifs is 1. The third kappa shape index (κ3) is 3.02. The Kier molecular flexibility index (Phi) is 3.39. The topological polar surface area (TPSA) is 111 Å². The number of nitrogens with zero attached hydrogens (tertiary/aromatic N) is 1. The van der Waals surface area contributed by atoms with Crippen LogP contribution in [0.3, 0.4) is 0 Å². The Morgan fingerprint density at radius 1 is 1.21 bits per heavy atom. The highest BCUT2D eigenvalue weighted by molar-refractivity contribution is 7.13. The summed E-state index contributed by atoms with van der Waals surface area (Å²) in [5.41, 5.74) is 0.524. The van der Waals surface area contributed by atoms with Crippen LogP contribution in [0.1, 0.15) is 0 Å². The predicted octanol–water partition coefficient (Wildman–Crippen LogP) is -0.542. The normalized spacial score (nSPS) is 12.8. The molecule has 96 valence electrons. The number of aliphatic carboxylic acids is 2. The monoisotopic (exact) mass is 276 g/mol. The molecule has 0 aromatic carbocycles. The van der Waals surface area contributed by atoms with Gasteiger partial charge in [-0.05, 0) is 18.2 Å². The van der Waals surface area contributed by atoms with Crippen LogP contribution in [0.2, 0.25) is 0 Å². The van der Waals surface area contributed by atoms with Crippen molar-refractivity contribution < 1.29 is 19.8 Å². The minimum Gasteiger partial charge on any atom is -0.478 e. The van der Waals surface area contributed by atoms with Crippen LogP contribution in [-0.2, 0) is 9.59 Å². The molecule has 0 amide bonds. The molecular formula is C12H8N2O4S. The second kappa shape index (κ2) is 4.99. The van der Waals surface area contributed by atoms with E-state index >= 15 is 0 Å². The number of benzene rings is 1. The Morgan fingerprint density at radius 2 is 1.89 bits per heavy atom. The van der Waals surface area contributed by atoms with Crippen molar-refractivity contribution in [2.45, 2.75) is 0 Å². The first-order valence-electron chi connectivity index (χ1n) is 5.10. The molecule has 0 saturated carbocycles. The molecule has 0 aromatic rings. The average molecular weight is 276 g/mol. The van der Waals surface area contributed by atoms with Gasteiger partial charge >= 0.3 is 11.9 Å². The summed E-state index contributed by atoms with van der Waals surface area (Å²) < 4.78 is 0.230. The number of carbonyl (C=O) groups is 2. The first-order valence-corrected chi connectivity index (χ1v) is 5.92. The predicted molar refractivity (Wildman–Crippen MR) is 68.0 cm³/mol. The van der Waals surface area contributed by atoms with Crippen molar-refractivity contribution in [1.29, 1.82) is 5.41 Å². The van der Waals surface area contributed by atoms with Crippen LogP contribution in [0, 0.1) is 5.41 Å². The molecule has 0 radical (unpaired) electrons. The molecule has 0 fully saturated rings. The molecule has 19 heavy (non-hydrogen) atoms. The van der Waals surface area contributed by atoms with Crippen molar-refractivity contribution in [2.24, 2.45) is 0 Å². The van der Waals surface area contributed by atoms with Crippen LogP contribution < -0.4 is 15.2 Å². The molecule has 6 nitrogen and oxygen atoms in total. The maximum absolute atomic E-state index is 10.7. The Balaban J connectivity index is 2.91. The Morgan fingerprint density at radius 3 is 2.53 bits per heavy atom. The zero-order valence-electron chi connectivity index (χ0n) is 9.45. The Hall–Kier alpha value is -2.54. The second-order valence-electron chi connectivity index (χ2n) is 3.61. The van der Waals surface area contributed by atoms with E-state index in [0.29, 0.717) is 10.6 Å². The first kappa shape index (κ1) is 12.9. The van der Waals surface area contributed by atoms with Crippen molar-refractivity contribution >= 4 is 35.4 Å². The van der Waals surface area contributed by atoms with Crippen LogP contribution in [0.25, 0.3) is 22.7 Å². The molecule has 0 saturated heterocycles. The lowest BCUT2D eigenvalue weighted by Gasteiger charge is -2.02. The van der Waals surface area contributed by atoms with E-state index < -0.39 is 11.9 Å². The average Bonchev–Trinajstić information content (AvgIpc) is 2.28. The second-order valence-corrected chi connectivity index (χ2v) is 4.69. The summed E-state index contributed by atoms with van der Waals surface area (Å²) in [6, 6.07) is 4.68. The molecule has 2 rings (SSSR count). The summed E-state index contributed by atoms with van der Waals surface area (Å²) in [5, 5.41) is 25.4. The van der Waals surface area contributed by atoms with Crippen LogP contribution in [0.5, 0.6) is 0 Å². The minimum absolute atomic E-state index is 0.0881. The van der Waals surface area contributed by atoms with Crippen molar-refractivity contribution in [3.8, 4) is 10.6 Å². The molecule has 1 aliphatic heterocycles. The zero-order chi connectivity index (χ0) is 14.0. The van der Waals surface area contributed by atoms with Gasteiger partial charge in [-0.1, -0.05) is 0 Å². The summed E-state index contributed by atoms with van der Waals surface area (Å²) in [7, 11) is 0. The van der Waals surface area contributed by atoms with Crippen LogP contribution >= 0.6 is 11.3 Å². The molecule has 3 N–H and O–H groups in total. The molecular weight excluding hydrogens is 268 g/mol. The van der Waals surface area contributed by atoms with E-state index in [1.54, 1.807) is 12.1 Å². The van der Waals surface area contributed by atoms with Crippen molar-refractivity contribution in [1.82, 2.24) is 4.98 Å². The standard InChI is InChI=1S/C12H8N2O4S/c13-6-1-2-7-9(3-6)19-10(5-12(17)18)8(14-7)4-11(15)16/h1-5,13H,(H,15,16)(H,17,18). The van der Waals surface area contributed by atoms with E-state index in [4.69, 9.17) is 15.6 Å². The minimum atomic E-state index is -1.20. The maximum Gasteiger partial charge on any atom is 0.330 e. The zero-order valence-corrected chi connectivity index (χ0v) is 10.3. The van der Waals surface area contributed by atoms with E-state index in [1.165, 1.54) is 6.07 Å². The molecule has 0 atom stereocenters. The SMILES string of the molecule is N=c1ccc2nc(=CC(=O)O)c(=CC(=O)O)sc-2c1. The lowest BCUT2D eigenvalue weighted by Crippen LogP contribution is -2.29. The van der Waals surface area contributed by atoms with Gasteiger partial charge in [-0.25, -0.2) is 14.6 Å². The Bertz CT molecular complexity index is 809. The Labute approximate surface area is 110 Å². The maximum atomic E-state index is 10.7. The van der Waals surface area contributed by atoms with E-state index in [-0.39, 0.29) is 15.2 Å². The molecule has 0 aromatic heterocycles. The van der Waals surface area contributed by atoms with Crippen molar-refractivity contribution in [3.05, 3.63) is 33.4 Å². The van der Waals surface area contributed by atoms with Crippen LogP contribution in [0.4, 0.5) is 0 Å². The highest BCUT2D eigenvalue weighted by Crippen LogP contribution is 2.16. The molecule has 0 bridgehead atoms. The summed E-state index contributed by atoms with van der Waals surface area (Å²) in [4.78, 5) is 26.2. The van der Waals surface area contributed by atoms with Gasteiger partial charge in [0.2, 0.25) is 0 Å². The fraction of sp³-hybridized carbons (Fsp3) is 0. The number of nitrogens with one attached hydrogen (secondary N) is 1. The van der Waals surface area contributed by atoms with Gasteiger partial charge in [0.15, 0.2) is 0 Å². The van der Waals surface area contributed by atoms with E-state index in [1.807, 2.05) is 0 Å². The van der Waals surface area contributed by atoms with E-state index in [9.17, 15) is 9.59 Å². The fourth-order valence-electron chi connectivity index (χ4n) is 1.48. The smallest absolute Gasteiger partial charge is 0.330 e. The summed E-state index contributed by atoms with van der Waals surface area (Å²) in [6.45, 7) is 0. The number of hydrogen-bond acceptors (Lipinski definition) is 5. The van der Waals surface area contributed by atoms with Crippen molar-refractivity contribution in [2.75, 3.05) is 0 Å².